The average Bonchev–Trinajstić information content (AvgIpc) is 2.99. The number of hydrogen-bond donors (Lipinski definition) is 1. The lowest BCUT2D eigenvalue weighted by Crippen LogP contribution is -2.39. The topological polar surface area (TPSA) is 21.3 Å². The molecule has 2 aliphatic heterocycles. The third-order valence-electron chi connectivity index (χ3n) is 4.20. The molecule has 98 valence electrons. The van der Waals surface area contributed by atoms with Crippen molar-refractivity contribution < 1.29 is 4.74 Å². The van der Waals surface area contributed by atoms with E-state index in [0.29, 0.717) is 24.3 Å². The molecule has 1 N–H and O–H groups in total. The van der Waals surface area contributed by atoms with Crippen LogP contribution >= 0.6 is 15.9 Å². The van der Waals surface area contributed by atoms with Gasteiger partial charge in [-0.2, -0.15) is 0 Å². The van der Waals surface area contributed by atoms with Crippen LogP contribution in [0.2, 0.25) is 0 Å². The zero-order valence-electron chi connectivity index (χ0n) is 10.7. The molecule has 2 saturated heterocycles. The average molecular weight is 310 g/mol. The highest BCUT2D eigenvalue weighted by atomic mass is 79.9. The summed E-state index contributed by atoms with van der Waals surface area (Å²) in [5.74, 6) is 0. The van der Waals surface area contributed by atoms with E-state index in [1.807, 2.05) is 0 Å². The highest BCUT2D eigenvalue weighted by molar-refractivity contribution is 9.10. The quantitative estimate of drug-likeness (QED) is 0.913. The van der Waals surface area contributed by atoms with Crippen molar-refractivity contribution in [2.75, 3.05) is 0 Å². The van der Waals surface area contributed by atoms with Crippen molar-refractivity contribution in [1.82, 2.24) is 5.32 Å². The van der Waals surface area contributed by atoms with Crippen LogP contribution < -0.4 is 5.32 Å². The lowest BCUT2D eigenvalue weighted by molar-refractivity contribution is 0.0959. The Labute approximate surface area is 117 Å². The van der Waals surface area contributed by atoms with Crippen LogP contribution in [0, 0.1) is 0 Å². The van der Waals surface area contributed by atoms with Crippen LogP contribution in [0.1, 0.15) is 44.2 Å². The summed E-state index contributed by atoms with van der Waals surface area (Å²) < 4.78 is 7.06. The van der Waals surface area contributed by atoms with Gasteiger partial charge in [-0.25, -0.2) is 0 Å². The van der Waals surface area contributed by atoms with Gasteiger partial charge in [0, 0.05) is 16.6 Å². The maximum absolute atomic E-state index is 5.92. The van der Waals surface area contributed by atoms with Gasteiger partial charge in [0.25, 0.3) is 0 Å². The summed E-state index contributed by atoms with van der Waals surface area (Å²) in [7, 11) is 0. The van der Waals surface area contributed by atoms with Crippen molar-refractivity contribution in [3.63, 3.8) is 0 Å². The van der Waals surface area contributed by atoms with E-state index in [0.717, 1.165) is 10.9 Å². The molecule has 2 fully saturated rings. The lowest BCUT2D eigenvalue weighted by Gasteiger charge is -2.26. The Bertz CT molecular complexity index is 405. The van der Waals surface area contributed by atoms with Crippen LogP contribution in [-0.4, -0.2) is 18.2 Å². The molecule has 0 amide bonds. The van der Waals surface area contributed by atoms with E-state index in [2.05, 4.69) is 52.4 Å². The number of hydrogen-bond acceptors (Lipinski definition) is 2. The highest BCUT2D eigenvalue weighted by Crippen LogP contribution is 2.35. The molecule has 2 aliphatic rings. The molecule has 4 unspecified atom stereocenters. The molecule has 0 saturated carbocycles. The number of ether oxygens (including phenoxy) is 1. The van der Waals surface area contributed by atoms with Crippen molar-refractivity contribution in [3.8, 4) is 0 Å². The van der Waals surface area contributed by atoms with Crippen molar-refractivity contribution in [1.29, 1.82) is 0 Å². The first-order valence-electron chi connectivity index (χ1n) is 6.93. The summed E-state index contributed by atoms with van der Waals surface area (Å²) in [6.45, 7) is 2.24. The largest absolute Gasteiger partial charge is 0.373 e. The maximum Gasteiger partial charge on any atom is 0.0733 e. The third-order valence-corrected chi connectivity index (χ3v) is 4.73. The number of rotatable bonds is 4. The van der Waals surface area contributed by atoms with Gasteiger partial charge in [-0.15, -0.1) is 0 Å². The first-order valence-corrected chi connectivity index (χ1v) is 7.72. The Morgan fingerprint density at radius 3 is 2.67 bits per heavy atom. The number of fused-ring (bicyclic) bond motifs is 2. The summed E-state index contributed by atoms with van der Waals surface area (Å²) in [5.41, 5.74) is 1.38. The minimum absolute atomic E-state index is 0.450. The summed E-state index contributed by atoms with van der Waals surface area (Å²) in [5, 5.41) is 3.79. The van der Waals surface area contributed by atoms with E-state index in [9.17, 15) is 0 Å². The zero-order valence-corrected chi connectivity index (χ0v) is 12.3. The smallest absolute Gasteiger partial charge is 0.0733 e. The second-order valence-corrected chi connectivity index (χ2v) is 6.31. The van der Waals surface area contributed by atoms with Crippen LogP contribution in [0.3, 0.4) is 0 Å². The molecule has 1 aromatic carbocycles. The monoisotopic (exact) mass is 309 g/mol. The van der Waals surface area contributed by atoms with Gasteiger partial charge in [-0.3, -0.25) is 0 Å². The van der Waals surface area contributed by atoms with Gasteiger partial charge in [-0.05, 0) is 43.4 Å². The normalized spacial score (nSPS) is 31.8. The fourth-order valence-electron chi connectivity index (χ4n) is 3.22. The van der Waals surface area contributed by atoms with Gasteiger partial charge >= 0.3 is 0 Å². The molecule has 3 heteroatoms. The molecule has 2 bridgehead atoms. The van der Waals surface area contributed by atoms with Crippen LogP contribution in [0.25, 0.3) is 0 Å². The Kier molecular flexibility index (Phi) is 3.73. The Morgan fingerprint density at radius 2 is 2.11 bits per heavy atom. The Morgan fingerprint density at radius 1 is 1.33 bits per heavy atom. The molecule has 4 atom stereocenters. The van der Waals surface area contributed by atoms with Crippen LogP contribution in [0.5, 0.6) is 0 Å². The van der Waals surface area contributed by atoms with E-state index >= 15 is 0 Å². The van der Waals surface area contributed by atoms with Crippen LogP contribution in [-0.2, 0) is 4.74 Å². The van der Waals surface area contributed by atoms with E-state index in [1.165, 1.54) is 24.8 Å². The van der Waals surface area contributed by atoms with Gasteiger partial charge < -0.3 is 10.1 Å². The summed E-state index contributed by atoms with van der Waals surface area (Å²) >= 11 is 3.49. The second-order valence-electron chi connectivity index (χ2n) is 5.40. The van der Waals surface area contributed by atoms with E-state index in [4.69, 9.17) is 4.74 Å². The molecule has 0 aliphatic carbocycles. The molecule has 1 aromatic rings. The van der Waals surface area contributed by atoms with E-state index < -0.39 is 0 Å². The van der Waals surface area contributed by atoms with Gasteiger partial charge in [0.15, 0.2) is 0 Å². The fourth-order valence-corrected chi connectivity index (χ4v) is 3.48. The molecule has 2 nitrogen and oxygen atoms in total. The van der Waals surface area contributed by atoms with Gasteiger partial charge in [-0.1, -0.05) is 35.0 Å². The fraction of sp³-hybridized carbons (Fsp3) is 0.600. The minimum atomic E-state index is 0.450. The zero-order chi connectivity index (χ0) is 12.5. The highest BCUT2D eigenvalue weighted by Gasteiger charge is 2.41. The molecular weight excluding hydrogens is 290 g/mol. The summed E-state index contributed by atoms with van der Waals surface area (Å²) in [6, 6.07) is 9.66. The standard InChI is InChI=1S/C15H20BrNO/c1-2-13(10-3-5-11(16)6-4-10)17-14-9-12-7-8-15(14)18-12/h3-6,12-15,17H,2,7-9H2,1H3. The van der Waals surface area contributed by atoms with Crippen LogP contribution in [0.4, 0.5) is 0 Å². The predicted octanol–water partition coefficient (Wildman–Crippen LogP) is 3.81. The second kappa shape index (κ2) is 5.32. The maximum atomic E-state index is 5.92. The Balaban J connectivity index is 1.67. The molecule has 0 spiro atoms. The van der Waals surface area contributed by atoms with Crippen LogP contribution in [0.15, 0.2) is 28.7 Å². The summed E-state index contributed by atoms with van der Waals surface area (Å²) in [6.07, 6.45) is 5.79. The lowest BCUT2D eigenvalue weighted by atomic mass is 9.93. The van der Waals surface area contributed by atoms with Crippen molar-refractivity contribution in [3.05, 3.63) is 34.3 Å². The molecule has 0 aromatic heterocycles. The van der Waals surface area contributed by atoms with Gasteiger partial charge in [0.05, 0.1) is 12.2 Å². The number of nitrogens with one attached hydrogen (secondary N) is 1. The predicted molar refractivity (Wildman–Crippen MR) is 76.6 cm³/mol. The molecule has 2 heterocycles. The van der Waals surface area contributed by atoms with E-state index in [1.54, 1.807) is 0 Å². The summed E-state index contributed by atoms with van der Waals surface area (Å²) in [4.78, 5) is 0. The number of halogens is 1. The molecule has 3 rings (SSSR count). The molecular formula is C15H20BrNO. The Hall–Kier alpha value is -0.380. The van der Waals surface area contributed by atoms with Crippen molar-refractivity contribution in [2.45, 2.75) is 56.9 Å². The van der Waals surface area contributed by atoms with Crippen molar-refractivity contribution in [2.24, 2.45) is 0 Å². The first kappa shape index (κ1) is 12.6. The molecule has 0 radical (unpaired) electrons. The third kappa shape index (κ3) is 2.49. The van der Waals surface area contributed by atoms with E-state index in [-0.39, 0.29) is 0 Å². The number of benzene rings is 1. The first-order chi connectivity index (χ1) is 8.76. The SMILES string of the molecule is CCC(NC1CC2CCC1O2)c1ccc(Br)cc1. The van der Waals surface area contributed by atoms with Gasteiger partial charge in [0.2, 0.25) is 0 Å². The van der Waals surface area contributed by atoms with Crippen molar-refractivity contribution >= 4 is 15.9 Å². The minimum Gasteiger partial charge on any atom is -0.373 e. The molecule has 18 heavy (non-hydrogen) atoms. The van der Waals surface area contributed by atoms with Gasteiger partial charge in [0.1, 0.15) is 0 Å².